The molecule has 1 saturated heterocycles. The monoisotopic (exact) mass is 528 g/mol. The van der Waals surface area contributed by atoms with E-state index in [4.69, 9.17) is 32.7 Å². The van der Waals surface area contributed by atoms with Crippen LogP contribution in [0.2, 0.25) is 10.0 Å². The first-order chi connectivity index (χ1) is 17.5. The zero-order valence-electron chi connectivity index (χ0n) is 19.5. The number of anilines is 5. The lowest BCUT2D eigenvalue weighted by Crippen LogP contribution is -2.38. The van der Waals surface area contributed by atoms with E-state index < -0.39 is 0 Å². The lowest BCUT2D eigenvalue weighted by molar-refractivity contribution is -0.111. The molecule has 0 bridgehead atoms. The largest absolute Gasteiger partial charge is 0.491 e. The van der Waals surface area contributed by atoms with E-state index in [0.29, 0.717) is 51.2 Å². The van der Waals surface area contributed by atoms with Gasteiger partial charge < -0.3 is 25.4 Å². The van der Waals surface area contributed by atoms with E-state index in [9.17, 15) is 4.79 Å². The van der Waals surface area contributed by atoms with E-state index in [1.807, 2.05) is 18.2 Å². The minimum atomic E-state index is -0.300. The maximum atomic E-state index is 11.6. The molecular weight excluding hydrogens is 503 g/mol. The van der Waals surface area contributed by atoms with Crippen LogP contribution in [0, 0.1) is 0 Å². The number of nitrogens with one attached hydrogen (secondary N) is 3. The molecule has 2 heterocycles. The van der Waals surface area contributed by atoms with Crippen LogP contribution < -0.4 is 20.7 Å². The molecule has 3 aromatic rings. The van der Waals surface area contributed by atoms with Crippen molar-refractivity contribution in [3.8, 4) is 5.75 Å². The molecule has 9 nitrogen and oxygen atoms in total. The maximum absolute atomic E-state index is 11.6. The fourth-order valence-electron chi connectivity index (χ4n) is 3.45. The van der Waals surface area contributed by atoms with Gasteiger partial charge in [0.2, 0.25) is 11.9 Å². The summed E-state index contributed by atoms with van der Waals surface area (Å²) in [6.07, 6.45) is 2.70. The fraction of sp³-hybridized carbons (Fsp3) is 0.240. The Hall–Kier alpha value is -3.37. The second kappa shape index (κ2) is 12.5. The third kappa shape index (κ3) is 7.32. The molecule has 0 aliphatic carbocycles. The van der Waals surface area contributed by atoms with Crippen LogP contribution >= 0.6 is 23.2 Å². The average molecular weight is 529 g/mol. The number of halogens is 2. The standard InChI is InChI=1S/C25H26Cl2N6O3/c1-2-23(34)29-17-4-3-5-18(14-17)30-24-21(27)16-28-25(32-24)31-19-6-7-22(20(26)15-19)36-13-10-33-8-11-35-12-9-33/h2-7,14-16H,1,8-13H2,(H,29,34)(H2,28,30,31,32). The predicted octanol–water partition coefficient (Wildman–Crippen LogP) is 5.11. The molecule has 4 rings (SSSR count). The van der Waals surface area contributed by atoms with Gasteiger partial charge in [0.1, 0.15) is 17.4 Å². The summed E-state index contributed by atoms with van der Waals surface area (Å²) in [5.41, 5.74) is 1.99. The van der Waals surface area contributed by atoms with Crippen LogP contribution in [-0.4, -0.2) is 60.2 Å². The van der Waals surface area contributed by atoms with Crippen molar-refractivity contribution in [2.75, 3.05) is 55.4 Å². The minimum Gasteiger partial charge on any atom is -0.491 e. The molecule has 1 amide bonds. The van der Waals surface area contributed by atoms with E-state index >= 15 is 0 Å². The Balaban J connectivity index is 1.38. The summed E-state index contributed by atoms with van der Waals surface area (Å²) in [4.78, 5) is 22.6. The molecule has 1 aliphatic rings. The summed E-state index contributed by atoms with van der Waals surface area (Å²) in [6, 6.07) is 12.5. The number of ether oxygens (including phenoxy) is 2. The number of benzene rings is 2. The van der Waals surface area contributed by atoms with Gasteiger partial charge in [-0.1, -0.05) is 35.8 Å². The number of aromatic nitrogens is 2. The quantitative estimate of drug-likeness (QED) is 0.312. The molecule has 3 N–H and O–H groups in total. The average Bonchev–Trinajstić information content (AvgIpc) is 2.88. The first-order valence-electron chi connectivity index (χ1n) is 11.3. The highest BCUT2D eigenvalue weighted by atomic mass is 35.5. The molecule has 1 fully saturated rings. The molecule has 0 unspecified atom stereocenters. The molecular formula is C25H26Cl2N6O3. The first kappa shape index (κ1) is 25.7. The van der Waals surface area contributed by atoms with Gasteiger partial charge in [-0.25, -0.2) is 4.98 Å². The van der Waals surface area contributed by atoms with Gasteiger partial charge in [0.05, 0.1) is 24.4 Å². The Bertz CT molecular complexity index is 1220. The summed E-state index contributed by atoms with van der Waals surface area (Å²) >= 11 is 12.7. The Morgan fingerprint density at radius 3 is 2.64 bits per heavy atom. The van der Waals surface area contributed by atoms with Crippen LogP contribution in [-0.2, 0) is 9.53 Å². The van der Waals surface area contributed by atoms with Crippen molar-refractivity contribution in [2.45, 2.75) is 0 Å². The van der Waals surface area contributed by atoms with E-state index in [-0.39, 0.29) is 5.91 Å². The van der Waals surface area contributed by atoms with Gasteiger partial charge in [0.25, 0.3) is 0 Å². The summed E-state index contributed by atoms with van der Waals surface area (Å²) in [5.74, 6) is 1.04. The second-order valence-corrected chi connectivity index (χ2v) is 8.68. The Morgan fingerprint density at radius 2 is 1.86 bits per heavy atom. The van der Waals surface area contributed by atoms with Crippen LogP contribution in [0.5, 0.6) is 5.75 Å². The smallest absolute Gasteiger partial charge is 0.247 e. The number of amides is 1. The van der Waals surface area contributed by atoms with Gasteiger partial charge in [-0.3, -0.25) is 9.69 Å². The first-order valence-corrected chi connectivity index (χ1v) is 12.1. The number of hydrogen-bond acceptors (Lipinski definition) is 8. The molecule has 188 valence electrons. The molecule has 0 radical (unpaired) electrons. The maximum Gasteiger partial charge on any atom is 0.247 e. The van der Waals surface area contributed by atoms with Crippen molar-refractivity contribution < 1.29 is 14.3 Å². The van der Waals surface area contributed by atoms with Gasteiger partial charge in [-0.15, -0.1) is 0 Å². The van der Waals surface area contributed by atoms with Crippen molar-refractivity contribution in [2.24, 2.45) is 0 Å². The van der Waals surface area contributed by atoms with Crippen LogP contribution in [0.3, 0.4) is 0 Å². The topological polar surface area (TPSA) is 101 Å². The molecule has 36 heavy (non-hydrogen) atoms. The molecule has 0 atom stereocenters. The number of carbonyl (C=O) groups excluding carboxylic acids is 1. The van der Waals surface area contributed by atoms with Crippen LogP contribution in [0.25, 0.3) is 0 Å². The van der Waals surface area contributed by atoms with Gasteiger partial charge >= 0.3 is 0 Å². The van der Waals surface area contributed by atoms with Gasteiger partial charge in [0.15, 0.2) is 5.82 Å². The van der Waals surface area contributed by atoms with Crippen molar-refractivity contribution >= 4 is 57.9 Å². The van der Waals surface area contributed by atoms with Gasteiger partial charge in [0, 0.05) is 36.7 Å². The van der Waals surface area contributed by atoms with E-state index in [2.05, 4.69) is 37.4 Å². The zero-order valence-corrected chi connectivity index (χ0v) is 21.0. The lowest BCUT2D eigenvalue weighted by Gasteiger charge is -2.26. The number of hydrogen-bond donors (Lipinski definition) is 3. The molecule has 1 aliphatic heterocycles. The number of morpholine rings is 1. The number of rotatable bonds is 10. The normalized spacial score (nSPS) is 13.6. The van der Waals surface area contributed by atoms with E-state index in [1.165, 1.54) is 12.3 Å². The third-order valence-electron chi connectivity index (χ3n) is 5.28. The SMILES string of the molecule is C=CC(=O)Nc1cccc(Nc2nc(Nc3ccc(OCCN4CCOCC4)c(Cl)c3)ncc2Cl)c1. The molecule has 11 heteroatoms. The van der Waals surface area contributed by atoms with Crippen LogP contribution in [0.15, 0.2) is 61.3 Å². The highest BCUT2D eigenvalue weighted by Crippen LogP contribution is 2.30. The Labute approximate surface area is 219 Å². The van der Waals surface area contributed by atoms with Crippen molar-refractivity contribution in [1.82, 2.24) is 14.9 Å². The number of carbonyl (C=O) groups is 1. The number of nitrogens with zero attached hydrogens (tertiary/aromatic N) is 3. The van der Waals surface area contributed by atoms with Crippen molar-refractivity contribution in [3.63, 3.8) is 0 Å². The summed E-state index contributed by atoms with van der Waals surface area (Å²) < 4.78 is 11.2. The Kier molecular flexibility index (Phi) is 8.96. The molecule has 0 spiro atoms. The zero-order chi connectivity index (χ0) is 25.3. The summed E-state index contributed by atoms with van der Waals surface area (Å²) in [7, 11) is 0. The van der Waals surface area contributed by atoms with Gasteiger partial charge in [-0.05, 0) is 42.5 Å². The Morgan fingerprint density at radius 1 is 1.08 bits per heavy atom. The van der Waals surface area contributed by atoms with Crippen molar-refractivity contribution in [1.29, 1.82) is 0 Å². The summed E-state index contributed by atoms with van der Waals surface area (Å²) in [5, 5.41) is 9.80. The minimum absolute atomic E-state index is 0.300. The lowest BCUT2D eigenvalue weighted by atomic mass is 10.2. The third-order valence-corrected chi connectivity index (χ3v) is 5.85. The van der Waals surface area contributed by atoms with Crippen LogP contribution in [0.1, 0.15) is 0 Å². The highest BCUT2D eigenvalue weighted by Gasteiger charge is 2.12. The highest BCUT2D eigenvalue weighted by molar-refractivity contribution is 6.33. The summed E-state index contributed by atoms with van der Waals surface area (Å²) in [6.45, 7) is 8.15. The fourth-order valence-corrected chi connectivity index (χ4v) is 3.83. The second-order valence-electron chi connectivity index (χ2n) is 7.86. The molecule has 2 aromatic carbocycles. The van der Waals surface area contributed by atoms with E-state index in [1.54, 1.807) is 24.3 Å². The van der Waals surface area contributed by atoms with E-state index in [0.717, 1.165) is 32.8 Å². The van der Waals surface area contributed by atoms with Crippen LogP contribution in [0.4, 0.5) is 28.8 Å². The van der Waals surface area contributed by atoms with Crippen molar-refractivity contribution in [3.05, 3.63) is 71.4 Å². The van der Waals surface area contributed by atoms with Gasteiger partial charge in [-0.2, -0.15) is 4.98 Å². The molecule has 0 saturated carbocycles. The predicted molar refractivity (Wildman–Crippen MR) is 143 cm³/mol. The molecule has 1 aromatic heterocycles.